The maximum atomic E-state index is 12.7. The van der Waals surface area contributed by atoms with Gasteiger partial charge in [0, 0.05) is 11.8 Å². The number of ether oxygens (including phenoxy) is 1. The fraction of sp³-hybridized carbons (Fsp3) is 0.333. The van der Waals surface area contributed by atoms with Crippen LogP contribution in [0.5, 0.6) is 5.75 Å². The number of benzene rings is 2. The SMILES string of the molecule is C[C@H](Oc1ccccc1)C(=O)N=C1S[C@H]2CS(=O)(=O)C[C@H]2N1Cc1ccccc1. The zero-order valence-electron chi connectivity index (χ0n) is 16.0. The summed E-state index contributed by atoms with van der Waals surface area (Å²) in [4.78, 5) is 19.0. The number of nitrogens with zero attached hydrogens (tertiary/aromatic N) is 2. The number of hydrogen-bond donors (Lipinski definition) is 0. The van der Waals surface area contributed by atoms with Gasteiger partial charge in [-0.25, -0.2) is 8.42 Å². The van der Waals surface area contributed by atoms with Crippen LogP contribution in [0.2, 0.25) is 0 Å². The van der Waals surface area contributed by atoms with E-state index in [4.69, 9.17) is 4.74 Å². The van der Waals surface area contributed by atoms with Crippen LogP contribution in [-0.2, 0) is 21.2 Å². The lowest BCUT2D eigenvalue weighted by Crippen LogP contribution is -2.37. The van der Waals surface area contributed by atoms with E-state index in [2.05, 4.69) is 4.99 Å². The van der Waals surface area contributed by atoms with E-state index in [0.29, 0.717) is 17.5 Å². The van der Waals surface area contributed by atoms with Crippen molar-refractivity contribution < 1.29 is 17.9 Å². The van der Waals surface area contributed by atoms with Crippen LogP contribution < -0.4 is 4.74 Å². The maximum Gasteiger partial charge on any atom is 0.288 e. The number of amidine groups is 1. The fourth-order valence-electron chi connectivity index (χ4n) is 3.54. The van der Waals surface area contributed by atoms with E-state index in [1.165, 1.54) is 11.8 Å². The molecule has 29 heavy (non-hydrogen) atoms. The Labute approximate surface area is 174 Å². The van der Waals surface area contributed by atoms with Crippen molar-refractivity contribution in [2.75, 3.05) is 11.5 Å². The second-order valence-corrected chi connectivity index (χ2v) is 10.6. The van der Waals surface area contributed by atoms with Crippen LogP contribution in [0.1, 0.15) is 12.5 Å². The highest BCUT2D eigenvalue weighted by Gasteiger charge is 2.48. The minimum absolute atomic E-state index is 0.0967. The molecular weight excluding hydrogens is 408 g/mol. The molecule has 152 valence electrons. The summed E-state index contributed by atoms with van der Waals surface area (Å²) >= 11 is 1.38. The Kier molecular flexibility index (Phi) is 5.65. The van der Waals surface area contributed by atoms with Gasteiger partial charge in [-0.1, -0.05) is 60.3 Å². The van der Waals surface area contributed by atoms with Crippen LogP contribution in [0, 0.1) is 0 Å². The minimum Gasteiger partial charge on any atom is -0.481 e. The summed E-state index contributed by atoms with van der Waals surface area (Å²) in [7, 11) is -3.07. The normalized spacial score (nSPS) is 25.0. The van der Waals surface area contributed by atoms with Crippen molar-refractivity contribution in [3.8, 4) is 5.75 Å². The lowest BCUT2D eigenvalue weighted by molar-refractivity contribution is -0.123. The summed E-state index contributed by atoms with van der Waals surface area (Å²) in [6.07, 6.45) is -0.728. The smallest absolute Gasteiger partial charge is 0.288 e. The number of rotatable bonds is 5. The standard InChI is InChI=1S/C21H22N2O4S2/c1-15(27-17-10-6-3-7-11-17)20(24)22-21-23(12-16-8-4-2-5-9-16)18-13-29(25,26)14-19(18)28-21/h2-11,15,18-19H,12-14H2,1H3/t15-,18+,19-/m0/s1. The van der Waals surface area contributed by atoms with Gasteiger partial charge in [0.05, 0.1) is 17.5 Å². The number of sulfone groups is 1. The predicted octanol–water partition coefficient (Wildman–Crippen LogP) is 2.75. The monoisotopic (exact) mass is 430 g/mol. The molecule has 2 saturated heterocycles. The van der Waals surface area contributed by atoms with Crippen molar-refractivity contribution in [3.63, 3.8) is 0 Å². The van der Waals surface area contributed by atoms with E-state index in [-0.39, 0.29) is 28.7 Å². The van der Waals surface area contributed by atoms with Crippen LogP contribution in [0.4, 0.5) is 0 Å². The number of carbonyl (C=O) groups excluding carboxylic acids is 1. The molecule has 0 N–H and O–H groups in total. The Morgan fingerprint density at radius 3 is 2.48 bits per heavy atom. The largest absolute Gasteiger partial charge is 0.481 e. The van der Waals surface area contributed by atoms with Gasteiger partial charge in [0.2, 0.25) is 0 Å². The Hall–Kier alpha value is -2.32. The third-order valence-corrected chi connectivity index (χ3v) is 8.23. The minimum atomic E-state index is -3.07. The van der Waals surface area contributed by atoms with Gasteiger partial charge in [-0.3, -0.25) is 4.79 Å². The average Bonchev–Trinajstić information content (AvgIpc) is 3.15. The van der Waals surface area contributed by atoms with Gasteiger partial charge in [-0.2, -0.15) is 4.99 Å². The highest BCUT2D eigenvalue weighted by atomic mass is 32.2. The molecule has 0 saturated carbocycles. The van der Waals surface area contributed by atoms with E-state index < -0.39 is 15.9 Å². The van der Waals surface area contributed by atoms with Crippen molar-refractivity contribution in [2.45, 2.75) is 30.9 Å². The van der Waals surface area contributed by atoms with Gasteiger partial charge in [-0.15, -0.1) is 0 Å². The molecule has 2 aliphatic heterocycles. The van der Waals surface area contributed by atoms with Crippen LogP contribution in [0.15, 0.2) is 65.7 Å². The maximum absolute atomic E-state index is 12.7. The lowest BCUT2D eigenvalue weighted by Gasteiger charge is -2.24. The van der Waals surface area contributed by atoms with Crippen molar-refractivity contribution in [1.82, 2.24) is 4.90 Å². The summed E-state index contributed by atoms with van der Waals surface area (Å²) in [5, 5.41) is 0.480. The summed E-state index contributed by atoms with van der Waals surface area (Å²) in [6.45, 7) is 2.19. The van der Waals surface area contributed by atoms with Gasteiger partial charge in [0.1, 0.15) is 5.75 Å². The predicted molar refractivity (Wildman–Crippen MR) is 115 cm³/mol. The second kappa shape index (κ2) is 8.20. The molecule has 0 radical (unpaired) electrons. The Morgan fingerprint density at radius 2 is 1.79 bits per heavy atom. The molecule has 0 bridgehead atoms. The number of fused-ring (bicyclic) bond motifs is 1. The van der Waals surface area contributed by atoms with E-state index in [1.54, 1.807) is 19.1 Å². The first kappa shape index (κ1) is 20.0. The highest BCUT2D eigenvalue weighted by Crippen LogP contribution is 2.39. The quantitative estimate of drug-likeness (QED) is 0.726. The van der Waals surface area contributed by atoms with Gasteiger partial charge in [0.15, 0.2) is 21.1 Å². The first-order valence-electron chi connectivity index (χ1n) is 9.43. The van der Waals surface area contributed by atoms with E-state index >= 15 is 0 Å². The number of amides is 1. The van der Waals surface area contributed by atoms with Crippen LogP contribution >= 0.6 is 11.8 Å². The number of para-hydroxylation sites is 1. The highest BCUT2D eigenvalue weighted by molar-refractivity contribution is 8.15. The molecule has 2 aromatic rings. The topological polar surface area (TPSA) is 76.0 Å². The Bertz CT molecular complexity index is 1010. The second-order valence-electron chi connectivity index (χ2n) is 7.22. The van der Waals surface area contributed by atoms with Crippen molar-refractivity contribution in [2.24, 2.45) is 4.99 Å². The van der Waals surface area contributed by atoms with Crippen LogP contribution in [-0.4, -0.2) is 53.3 Å². The Balaban J connectivity index is 1.54. The molecule has 2 aliphatic rings. The van der Waals surface area contributed by atoms with Gasteiger partial charge in [0.25, 0.3) is 5.91 Å². The number of hydrogen-bond acceptors (Lipinski definition) is 5. The first-order valence-corrected chi connectivity index (χ1v) is 12.1. The van der Waals surface area contributed by atoms with Gasteiger partial charge >= 0.3 is 0 Å². The fourth-order valence-corrected chi connectivity index (χ4v) is 7.50. The molecule has 0 aromatic heterocycles. The molecular formula is C21H22N2O4S2. The van der Waals surface area contributed by atoms with Crippen molar-refractivity contribution >= 4 is 32.7 Å². The van der Waals surface area contributed by atoms with Crippen molar-refractivity contribution in [1.29, 1.82) is 0 Å². The van der Waals surface area contributed by atoms with E-state index in [0.717, 1.165) is 5.56 Å². The number of thioether (sulfide) groups is 1. The zero-order valence-corrected chi connectivity index (χ0v) is 17.6. The molecule has 1 amide bonds. The lowest BCUT2D eigenvalue weighted by atomic mass is 10.1. The third-order valence-electron chi connectivity index (χ3n) is 4.98. The molecule has 6 nitrogen and oxygen atoms in total. The van der Waals surface area contributed by atoms with Gasteiger partial charge in [-0.05, 0) is 24.6 Å². The number of aliphatic imine (C=N–C) groups is 1. The van der Waals surface area contributed by atoms with Crippen LogP contribution in [0.3, 0.4) is 0 Å². The first-order chi connectivity index (χ1) is 13.9. The summed E-state index contributed by atoms with van der Waals surface area (Å²) in [5.41, 5.74) is 1.05. The molecule has 2 aromatic carbocycles. The molecule has 0 aliphatic carbocycles. The summed E-state index contributed by atoms with van der Waals surface area (Å²) in [5.74, 6) is 0.450. The molecule has 8 heteroatoms. The molecule has 2 heterocycles. The van der Waals surface area contributed by atoms with E-state index in [1.807, 2.05) is 53.4 Å². The average molecular weight is 431 g/mol. The molecule has 3 atom stereocenters. The summed E-state index contributed by atoms with van der Waals surface area (Å²) in [6, 6.07) is 18.8. The molecule has 0 spiro atoms. The molecule has 0 unspecified atom stereocenters. The summed E-state index contributed by atoms with van der Waals surface area (Å²) < 4.78 is 29.9. The van der Waals surface area contributed by atoms with Crippen molar-refractivity contribution in [3.05, 3.63) is 66.2 Å². The number of carbonyl (C=O) groups is 1. The van der Waals surface area contributed by atoms with Gasteiger partial charge < -0.3 is 9.64 Å². The Morgan fingerprint density at radius 1 is 1.14 bits per heavy atom. The zero-order chi connectivity index (χ0) is 20.4. The van der Waals surface area contributed by atoms with Crippen LogP contribution in [0.25, 0.3) is 0 Å². The molecule has 4 rings (SSSR count). The third kappa shape index (κ3) is 4.64. The molecule has 2 fully saturated rings. The van der Waals surface area contributed by atoms with E-state index in [9.17, 15) is 13.2 Å².